The summed E-state index contributed by atoms with van der Waals surface area (Å²) >= 11 is 7.99. The van der Waals surface area contributed by atoms with Crippen LogP contribution in [0.1, 0.15) is 10.4 Å². The molecule has 5 heteroatoms. The summed E-state index contributed by atoms with van der Waals surface area (Å²) in [7, 11) is 1.36. The summed E-state index contributed by atoms with van der Waals surface area (Å²) in [6.07, 6.45) is 1.59. The summed E-state index contributed by atoms with van der Waals surface area (Å²) in [6, 6.07) is 5.25. The molecule has 0 radical (unpaired) electrons. The van der Waals surface area contributed by atoms with Gasteiger partial charge in [0.2, 0.25) is 0 Å². The van der Waals surface area contributed by atoms with Crippen LogP contribution in [-0.2, 0) is 4.74 Å². The zero-order valence-corrected chi connectivity index (χ0v) is 11.2. The Bertz CT molecular complexity index is 571. The number of carbonyl (C=O) groups excluding carboxylic acids is 1. The summed E-state index contributed by atoms with van der Waals surface area (Å²) in [5, 5.41) is 1.38. The second-order valence-electron chi connectivity index (χ2n) is 3.17. The molecule has 0 fully saturated rings. The van der Waals surface area contributed by atoms with Crippen molar-refractivity contribution in [2.75, 3.05) is 7.11 Å². The van der Waals surface area contributed by atoms with Gasteiger partial charge >= 0.3 is 5.97 Å². The normalized spacial score (nSPS) is 10.4. The third kappa shape index (κ3) is 2.12. The lowest BCUT2D eigenvalue weighted by Gasteiger charge is -2.04. The molecule has 2 rings (SSSR count). The molecule has 0 spiro atoms. The van der Waals surface area contributed by atoms with Crippen LogP contribution >= 0.6 is 34.2 Å². The van der Waals surface area contributed by atoms with Crippen molar-refractivity contribution in [2.45, 2.75) is 0 Å². The smallest absolute Gasteiger partial charge is 0.337 e. The van der Waals surface area contributed by atoms with Crippen molar-refractivity contribution in [1.29, 1.82) is 0 Å². The summed E-state index contributed by atoms with van der Waals surface area (Å²) in [4.78, 5) is 15.6. The van der Waals surface area contributed by atoms with Crippen molar-refractivity contribution in [3.63, 3.8) is 0 Å². The molecule has 1 aromatic heterocycles. The number of halogens is 2. The number of pyridine rings is 1. The van der Waals surface area contributed by atoms with Gasteiger partial charge in [0.15, 0.2) is 0 Å². The SMILES string of the molecule is COC(=O)c1cc(I)c2ncc(Cl)cc2c1. The van der Waals surface area contributed by atoms with E-state index in [1.54, 1.807) is 24.4 Å². The van der Waals surface area contributed by atoms with E-state index in [1.165, 1.54) is 7.11 Å². The Labute approximate surface area is 111 Å². The Kier molecular flexibility index (Phi) is 3.30. The van der Waals surface area contributed by atoms with Crippen LogP contribution < -0.4 is 0 Å². The predicted molar refractivity (Wildman–Crippen MR) is 70.8 cm³/mol. The van der Waals surface area contributed by atoms with Crippen molar-refractivity contribution in [1.82, 2.24) is 4.98 Å². The first-order valence-electron chi connectivity index (χ1n) is 4.45. The van der Waals surface area contributed by atoms with Crippen LogP contribution in [0.3, 0.4) is 0 Å². The Balaban J connectivity index is 2.69. The number of ether oxygens (including phenoxy) is 1. The standard InChI is InChI=1S/C11H7ClINO2/c1-16-11(15)7-2-6-3-8(12)5-14-10(6)9(13)4-7/h2-5H,1H3. The molecule has 0 aliphatic rings. The average molecular weight is 348 g/mol. The number of esters is 1. The first kappa shape index (κ1) is 11.6. The maximum absolute atomic E-state index is 11.4. The van der Waals surface area contributed by atoms with E-state index >= 15 is 0 Å². The Morgan fingerprint density at radius 2 is 2.19 bits per heavy atom. The molecule has 0 atom stereocenters. The number of nitrogens with zero attached hydrogens (tertiary/aromatic N) is 1. The Morgan fingerprint density at radius 1 is 1.44 bits per heavy atom. The number of aromatic nitrogens is 1. The van der Waals surface area contributed by atoms with E-state index in [1.807, 2.05) is 0 Å². The summed E-state index contributed by atoms with van der Waals surface area (Å²) in [5.41, 5.74) is 1.33. The van der Waals surface area contributed by atoms with Crippen LogP contribution in [0.25, 0.3) is 10.9 Å². The largest absolute Gasteiger partial charge is 0.465 e. The van der Waals surface area contributed by atoms with Gasteiger partial charge in [-0.15, -0.1) is 0 Å². The zero-order chi connectivity index (χ0) is 11.7. The van der Waals surface area contributed by atoms with Gasteiger partial charge in [0.25, 0.3) is 0 Å². The molecule has 0 N–H and O–H groups in total. The molecular weight excluding hydrogens is 340 g/mol. The van der Waals surface area contributed by atoms with Crippen LogP contribution in [0, 0.1) is 3.57 Å². The quantitative estimate of drug-likeness (QED) is 0.587. The lowest BCUT2D eigenvalue weighted by atomic mass is 10.1. The van der Waals surface area contributed by atoms with Crippen molar-refractivity contribution in [3.05, 3.63) is 38.6 Å². The lowest BCUT2D eigenvalue weighted by Crippen LogP contribution is -2.01. The van der Waals surface area contributed by atoms with Crippen LogP contribution in [-0.4, -0.2) is 18.1 Å². The second-order valence-corrected chi connectivity index (χ2v) is 4.77. The minimum atomic E-state index is -0.361. The predicted octanol–water partition coefficient (Wildman–Crippen LogP) is 3.28. The summed E-state index contributed by atoms with van der Waals surface area (Å²) in [6.45, 7) is 0. The fraction of sp³-hybridized carbons (Fsp3) is 0.0909. The highest BCUT2D eigenvalue weighted by Crippen LogP contribution is 2.23. The molecule has 0 aliphatic heterocycles. The number of rotatable bonds is 1. The molecule has 2 aromatic rings. The van der Waals surface area contributed by atoms with Crippen molar-refractivity contribution in [3.8, 4) is 0 Å². The molecule has 0 bridgehead atoms. The van der Waals surface area contributed by atoms with Crippen LogP contribution in [0.2, 0.25) is 5.02 Å². The van der Waals surface area contributed by atoms with Gasteiger partial charge in [-0.05, 0) is 40.8 Å². The van der Waals surface area contributed by atoms with Gasteiger partial charge in [0, 0.05) is 15.2 Å². The average Bonchev–Trinajstić information content (AvgIpc) is 2.27. The topological polar surface area (TPSA) is 39.2 Å². The van der Waals surface area contributed by atoms with Gasteiger partial charge in [0.05, 0.1) is 23.2 Å². The van der Waals surface area contributed by atoms with Crippen LogP contribution in [0.15, 0.2) is 24.4 Å². The minimum absolute atomic E-state index is 0.361. The summed E-state index contributed by atoms with van der Waals surface area (Å²) in [5.74, 6) is -0.361. The van der Waals surface area contributed by atoms with Gasteiger partial charge in [-0.3, -0.25) is 4.98 Å². The van der Waals surface area contributed by atoms with E-state index in [0.29, 0.717) is 10.6 Å². The van der Waals surface area contributed by atoms with E-state index < -0.39 is 0 Å². The molecule has 0 saturated carbocycles. The number of carbonyl (C=O) groups is 1. The van der Waals surface area contributed by atoms with Crippen LogP contribution in [0.5, 0.6) is 0 Å². The van der Waals surface area contributed by atoms with Crippen molar-refractivity contribution in [2.24, 2.45) is 0 Å². The van der Waals surface area contributed by atoms with E-state index in [0.717, 1.165) is 14.5 Å². The molecule has 0 aliphatic carbocycles. The highest BCUT2D eigenvalue weighted by atomic mass is 127. The first-order valence-corrected chi connectivity index (χ1v) is 5.90. The zero-order valence-electron chi connectivity index (χ0n) is 8.33. The van der Waals surface area contributed by atoms with Crippen molar-refractivity contribution >= 4 is 51.1 Å². The second kappa shape index (κ2) is 4.55. The molecule has 1 aromatic carbocycles. The van der Waals surface area contributed by atoms with E-state index in [4.69, 9.17) is 11.6 Å². The molecule has 16 heavy (non-hydrogen) atoms. The van der Waals surface area contributed by atoms with E-state index in [9.17, 15) is 4.79 Å². The molecule has 0 saturated heterocycles. The first-order chi connectivity index (χ1) is 7.61. The minimum Gasteiger partial charge on any atom is -0.465 e. The highest BCUT2D eigenvalue weighted by molar-refractivity contribution is 14.1. The molecule has 0 amide bonds. The van der Waals surface area contributed by atoms with Gasteiger partial charge < -0.3 is 4.74 Å². The molecular formula is C11H7ClINO2. The fourth-order valence-corrected chi connectivity index (χ4v) is 2.37. The molecule has 0 unspecified atom stereocenters. The monoisotopic (exact) mass is 347 g/mol. The Morgan fingerprint density at radius 3 is 2.88 bits per heavy atom. The number of fused-ring (bicyclic) bond motifs is 1. The number of methoxy groups -OCH3 is 1. The van der Waals surface area contributed by atoms with Crippen molar-refractivity contribution < 1.29 is 9.53 Å². The fourth-order valence-electron chi connectivity index (χ4n) is 1.41. The number of hydrogen-bond acceptors (Lipinski definition) is 3. The third-order valence-electron chi connectivity index (χ3n) is 2.12. The van der Waals surface area contributed by atoms with Gasteiger partial charge in [-0.2, -0.15) is 0 Å². The van der Waals surface area contributed by atoms with Gasteiger partial charge in [-0.1, -0.05) is 11.6 Å². The number of hydrogen-bond donors (Lipinski definition) is 0. The molecule has 82 valence electrons. The molecule has 1 heterocycles. The maximum Gasteiger partial charge on any atom is 0.337 e. The van der Waals surface area contributed by atoms with E-state index in [2.05, 4.69) is 32.3 Å². The Hall–Kier alpha value is -0.880. The maximum atomic E-state index is 11.4. The summed E-state index contributed by atoms with van der Waals surface area (Å²) < 4.78 is 5.57. The number of benzene rings is 1. The van der Waals surface area contributed by atoms with Gasteiger partial charge in [0.1, 0.15) is 0 Å². The van der Waals surface area contributed by atoms with E-state index in [-0.39, 0.29) is 5.97 Å². The van der Waals surface area contributed by atoms with Gasteiger partial charge in [-0.25, -0.2) is 4.79 Å². The van der Waals surface area contributed by atoms with Crippen LogP contribution in [0.4, 0.5) is 0 Å². The highest BCUT2D eigenvalue weighted by Gasteiger charge is 2.10. The molecule has 3 nitrogen and oxygen atoms in total. The third-order valence-corrected chi connectivity index (χ3v) is 3.15. The lowest BCUT2D eigenvalue weighted by molar-refractivity contribution is 0.0601.